The second-order valence-electron chi connectivity index (χ2n) is 5.61. The highest BCUT2D eigenvalue weighted by atomic mass is 16.7. The van der Waals surface area contributed by atoms with Gasteiger partial charge in [0.15, 0.2) is 5.78 Å². The molecule has 0 radical (unpaired) electrons. The van der Waals surface area contributed by atoms with E-state index in [1.54, 1.807) is 13.0 Å². The summed E-state index contributed by atoms with van der Waals surface area (Å²) in [5, 5.41) is 14.4. The Hall–Kier alpha value is -3.09. The van der Waals surface area contributed by atoms with E-state index in [9.17, 15) is 19.7 Å². The fourth-order valence-electron chi connectivity index (χ4n) is 2.10. The van der Waals surface area contributed by atoms with Crippen molar-refractivity contribution in [1.29, 1.82) is 0 Å². The molecule has 0 atom stereocenters. The molecule has 1 aliphatic rings. The molecule has 1 aromatic rings. The number of carbonyl (C=O) groups is 2. The van der Waals surface area contributed by atoms with E-state index in [0.29, 0.717) is 16.9 Å². The molecule has 0 amide bonds. The zero-order valence-corrected chi connectivity index (χ0v) is 13.5. The average molecular weight is 328 g/mol. The molecule has 0 aliphatic heterocycles. The van der Waals surface area contributed by atoms with E-state index in [4.69, 9.17) is 4.84 Å². The van der Waals surface area contributed by atoms with Crippen molar-refractivity contribution in [3.05, 3.63) is 63.2 Å². The van der Waals surface area contributed by atoms with Crippen molar-refractivity contribution in [2.75, 3.05) is 0 Å². The summed E-state index contributed by atoms with van der Waals surface area (Å²) < 4.78 is 0. The molecule has 1 aromatic carbocycles. The fraction of sp³-hybridized carbons (Fsp3) is 0.235. The van der Waals surface area contributed by atoms with Crippen LogP contribution in [-0.2, 0) is 9.63 Å². The van der Waals surface area contributed by atoms with Crippen LogP contribution in [0.25, 0.3) is 0 Å². The number of oxime groups is 1. The first-order valence-corrected chi connectivity index (χ1v) is 7.28. The number of nitro groups is 1. The first-order valence-electron chi connectivity index (χ1n) is 7.28. The number of nitro benzene ring substituents is 1. The van der Waals surface area contributed by atoms with Crippen LogP contribution >= 0.6 is 0 Å². The molecule has 7 heteroatoms. The van der Waals surface area contributed by atoms with Gasteiger partial charge in [-0.05, 0) is 42.7 Å². The Morgan fingerprint density at radius 2 is 1.83 bits per heavy atom. The molecule has 0 bridgehead atoms. The maximum Gasteiger partial charge on any atom is 0.365 e. The summed E-state index contributed by atoms with van der Waals surface area (Å²) in [6.07, 6.45) is 3.05. The van der Waals surface area contributed by atoms with Gasteiger partial charge in [0, 0.05) is 17.7 Å². The van der Waals surface area contributed by atoms with Crippen LogP contribution in [0.4, 0.5) is 5.69 Å². The van der Waals surface area contributed by atoms with E-state index in [1.165, 1.54) is 30.3 Å². The number of hydrogen-bond acceptors (Lipinski definition) is 6. The second-order valence-corrected chi connectivity index (χ2v) is 5.61. The summed E-state index contributed by atoms with van der Waals surface area (Å²) in [6, 6.07) is 5.02. The van der Waals surface area contributed by atoms with Crippen LogP contribution in [-0.4, -0.2) is 22.4 Å². The minimum atomic E-state index is -0.735. The lowest BCUT2D eigenvalue weighted by Crippen LogP contribution is -2.16. The largest absolute Gasteiger partial charge is 0.365 e. The third-order valence-corrected chi connectivity index (χ3v) is 3.49. The monoisotopic (exact) mass is 328 g/mol. The normalized spacial score (nSPS) is 16.0. The minimum absolute atomic E-state index is 0.0254. The molecule has 0 N–H and O–H groups in total. The van der Waals surface area contributed by atoms with Gasteiger partial charge in [0.05, 0.1) is 10.5 Å². The zero-order chi connectivity index (χ0) is 17.9. The predicted octanol–water partition coefficient (Wildman–Crippen LogP) is 3.22. The SMILES string of the molecule is CC1=CC(=O)C(C(C)C)=C/C1=N\OC(=O)c1ccc([N+](=O)[O-])cc1. The van der Waals surface area contributed by atoms with E-state index in [1.807, 2.05) is 13.8 Å². The van der Waals surface area contributed by atoms with Crippen LogP contribution in [0.5, 0.6) is 0 Å². The molecule has 0 saturated carbocycles. The number of allylic oxidation sites excluding steroid dienone is 4. The quantitative estimate of drug-likeness (QED) is 0.366. The molecule has 2 rings (SSSR count). The maximum absolute atomic E-state index is 11.9. The van der Waals surface area contributed by atoms with E-state index in [-0.39, 0.29) is 23.0 Å². The number of nitrogens with zero attached hydrogens (tertiary/aromatic N) is 2. The average Bonchev–Trinajstić information content (AvgIpc) is 2.53. The first-order chi connectivity index (χ1) is 11.3. The number of rotatable bonds is 4. The van der Waals surface area contributed by atoms with Crippen molar-refractivity contribution in [2.45, 2.75) is 20.8 Å². The Labute approximate surface area is 138 Å². The molecule has 0 fully saturated rings. The summed E-state index contributed by atoms with van der Waals surface area (Å²) in [7, 11) is 0. The zero-order valence-electron chi connectivity index (χ0n) is 13.5. The van der Waals surface area contributed by atoms with Crippen LogP contribution in [0.1, 0.15) is 31.1 Å². The summed E-state index contributed by atoms with van der Waals surface area (Å²) in [6.45, 7) is 5.47. The molecule has 0 unspecified atom stereocenters. The highest BCUT2D eigenvalue weighted by molar-refractivity contribution is 6.21. The lowest BCUT2D eigenvalue weighted by atomic mass is 9.90. The molecule has 0 heterocycles. The number of ketones is 1. The van der Waals surface area contributed by atoms with Crippen molar-refractivity contribution in [1.82, 2.24) is 0 Å². The number of carbonyl (C=O) groups excluding carboxylic acids is 2. The summed E-state index contributed by atoms with van der Waals surface area (Å²) in [5.74, 6) is -0.790. The van der Waals surface area contributed by atoms with Crippen molar-refractivity contribution in [3.63, 3.8) is 0 Å². The molecule has 0 saturated heterocycles. The van der Waals surface area contributed by atoms with Crippen molar-refractivity contribution >= 4 is 23.2 Å². The molecule has 7 nitrogen and oxygen atoms in total. The van der Waals surface area contributed by atoms with Gasteiger partial charge < -0.3 is 4.84 Å². The molecular formula is C17H16N2O5. The highest BCUT2D eigenvalue weighted by Gasteiger charge is 2.19. The third-order valence-electron chi connectivity index (χ3n) is 3.49. The van der Waals surface area contributed by atoms with Gasteiger partial charge in [0.2, 0.25) is 0 Å². The Kier molecular flexibility index (Phi) is 5.03. The lowest BCUT2D eigenvalue weighted by Gasteiger charge is -2.14. The summed E-state index contributed by atoms with van der Waals surface area (Å²) in [4.78, 5) is 38.7. The highest BCUT2D eigenvalue weighted by Crippen LogP contribution is 2.19. The standard InChI is InChI=1S/C17H16N2O5/c1-10(2)14-9-15(11(3)8-16(14)20)18-24-17(21)12-4-6-13(7-5-12)19(22)23/h4-10H,1-3H3/b18-15+. The Bertz CT molecular complexity index is 786. The molecule has 124 valence electrons. The van der Waals surface area contributed by atoms with Gasteiger partial charge in [0.25, 0.3) is 5.69 Å². The number of benzene rings is 1. The number of hydrogen-bond donors (Lipinski definition) is 0. The van der Waals surface area contributed by atoms with E-state index < -0.39 is 10.9 Å². The Morgan fingerprint density at radius 1 is 1.21 bits per heavy atom. The van der Waals surface area contributed by atoms with Gasteiger partial charge in [-0.3, -0.25) is 14.9 Å². The van der Waals surface area contributed by atoms with Crippen molar-refractivity contribution in [2.24, 2.45) is 11.1 Å². The van der Waals surface area contributed by atoms with Gasteiger partial charge in [-0.15, -0.1) is 0 Å². The fourth-order valence-corrected chi connectivity index (χ4v) is 2.10. The van der Waals surface area contributed by atoms with Crippen molar-refractivity contribution in [3.8, 4) is 0 Å². The van der Waals surface area contributed by atoms with Crippen LogP contribution in [0.2, 0.25) is 0 Å². The van der Waals surface area contributed by atoms with Gasteiger partial charge in [-0.2, -0.15) is 0 Å². The van der Waals surface area contributed by atoms with Gasteiger partial charge in [-0.1, -0.05) is 19.0 Å². The van der Waals surface area contributed by atoms with Gasteiger partial charge in [0.1, 0.15) is 5.71 Å². The first kappa shape index (κ1) is 17.3. The summed E-state index contributed by atoms with van der Waals surface area (Å²) in [5.41, 5.74) is 1.61. The number of non-ortho nitro benzene ring substituents is 1. The predicted molar refractivity (Wildman–Crippen MR) is 87.6 cm³/mol. The van der Waals surface area contributed by atoms with E-state index in [2.05, 4.69) is 5.16 Å². The Balaban J connectivity index is 2.17. The lowest BCUT2D eigenvalue weighted by molar-refractivity contribution is -0.384. The Morgan fingerprint density at radius 3 is 2.38 bits per heavy atom. The van der Waals surface area contributed by atoms with E-state index in [0.717, 1.165) is 0 Å². The van der Waals surface area contributed by atoms with Gasteiger partial charge >= 0.3 is 5.97 Å². The molecular weight excluding hydrogens is 312 g/mol. The minimum Gasteiger partial charge on any atom is -0.312 e. The van der Waals surface area contributed by atoms with Crippen LogP contribution in [0, 0.1) is 16.0 Å². The molecule has 0 aromatic heterocycles. The second kappa shape index (κ2) is 6.99. The molecule has 24 heavy (non-hydrogen) atoms. The van der Waals surface area contributed by atoms with Gasteiger partial charge in [-0.25, -0.2) is 4.79 Å². The summed E-state index contributed by atoms with van der Waals surface area (Å²) >= 11 is 0. The maximum atomic E-state index is 11.9. The smallest absolute Gasteiger partial charge is 0.312 e. The van der Waals surface area contributed by atoms with Crippen LogP contribution < -0.4 is 0 Å². The van der Waals surface area contributed by atoms with Crippen LogP contribution in [0.3, 0.4) is 0 Å². The van der Waals surface area contributed by atoms with Crippen molar-refractivity contribution < 1.29 is 19.3 Å². The van der Waals surface area contributed by atoms with Crippen LogP contribution in [0.15, 0.2) is 52.7 Å². The molecule has 0 spiro atoms. The van der Waals surface area contributed by atoms with E-state index >= 15 is 0 Å². The molecule has 1 aliphatic carbocycles. The topological polar surface area (TPSA) is 98.9 Å². The third kappa shape index (κ3) is 3.81.